The van der Waals surface area contributed by atoms with Crippen LogP contribution >= 0.6 is 23.2 Å². The topological polar surface area (TPSA) is 23.6 Å². The monoisotopic (exact) mass is 210 g/mol. The highest BCUT2D eigenvalue weighted by Crippen LogP contribution is 2.07. The number of amides is 1. The van der Waals surface area contributed by atoms with Gasteiger partial charge in [0.2, 0.25) is 0 Å². The molecule has 0 unspecified atom stereocenters. The van der Waals surface area contributed by atoms with Gasteiger partial charge in [-0.2, -0.15) is 0 Å². The second-order valence-electron chi connectivity index (χ2n) is 2.36. The minimum Gasteiger partial charge on any atom is -0.270 e. The number of nitrogens with zero attached hydrogens (tertiary/aromatic N) is 2. The Bertz CT molecular complexity index is 171. The molecule has 0 aliphatic carbocycles. The van der Waals surface area contributed by atoms with Crippen LogP contribution in [-0.4, -0.2) is 41.4 Å². The van der Waals surface area contributed by atoms with Crippen LogP contribution in [0.4, 0.5) is 0 Å². The zero-order valence-corrected chi connectivity index (χ0v) is 8.64. The number of carbonyl (C=O) groups is 1. The van der Waals surface area contributed by atoms with Gasteiger partial charge in [-0.1, -0.05) is 29.3 Å². The fraction of sp³-hybridized carbons (Fsp3) is 0.571. The van der Waals surface area contributed by atoms with E-state index in [0.717, 1.165) is 0 Å². The minimum absolute atomic E-state index is 0.344. The van der Waals surface area contributed by atoms with Gasteiger partial charge < -0.3 is 0 Å². The third-order valence-corrected chi connectivity index (χ3v) is 1.60. The van der Waals surface area contributed by atoms with Crippen LogP contribution in [0.2, 0.25) is 0 Å². The Morgan fingerprint density at radius 2 is 2.08 bits per heavy atom. The molecule has 0 aliphatic rings. The lowest BCUT2D eigenvalue weighted by molar-refractivity contribution is -0.141. The third kappa shape index (κ3) is 3.43. The molecule has 1 amide bonds. The Kier molecular flexibility index (Phi) is 5.29. The molecule has 3 nitrogen and oxygen atoms in total. The van der Waals surface area contributed by atoms with E-state index < -0.39 is 4.84 Å². The second kappa shape index (κ2) is 5.41. The van der Waals surface area contributed by atoms with E-state index in [4.69, 9.17) is 23.2 Å². The number of hydrazine groups is 1. The summed E-state index contributed by atoms with van der Waals surface area (Å²) < 4.78 is 0. The first-order valence-electron chi connectivity index (χ1n) is 3.38. The van der Waals surface area contributed by atoms with Crippen LogP contribution in [0.15, 0.2) is 12.7 Å². The highest BCUT2D eigenvalue weighted by molar-refractivity contribution is 6.53. The third-order valence-electron chi connectivity index (χ3n) is 1.23. The summed E-state index contributed by atoms with van der Waals surface area (Å²) in [5.41, 5.74) is 0. The lowest BCUT2D eigenvalue weighted by atomic mass is 10.5. The van der Waals surface area contributed by atoms with Gasteiger partial charge in [-0.05, 0) is 0 Å². The zero-order chi connectivity index (χ0) is 9.72. The summed E-state index contributed by atoms with van der Waals surface area (Å²) in [6.07, 6.45) is 1.61. The summed E-state index contributed by atoms with van der Waals surface area (Å²) >= 11 is 10.8. The van der Waals surface area contributed by atoms with Gasteiger partial charge in [0.25, 0.3) is 5.91 Å². The molecular weight excluding hydrogens is 199 g/mol. The molecule has 0 aliphatic heterocycles. The van der Waals surface area contributed by atoms with Crippen molar-refractivity contribution in [3.05, 3.63) is 12.7 Å². The zero-order valence-electron chi connectivity index (χ0n) is 7.13. The van der Waals surface area contributed by atoms with Crippen molar-refractivity contribution < 1.29 is 4.79 Å². The minimum atomic E-state index is -1.02. The van der Waals surface area contributed by atoms with E-state index in [1.807, 2.05) is 0 Å². The summed E-state index contributed by atoms with van der Waals surface area (Å²) in [4.78, 5) is 10.2. The maximum Gasteiger partial charge on any atom is 0.270 e. The van der Waals surface area contributed by atoms with E-state index in [0.29, 0.717) is 6.54 Å². The van der Waals surface area contributed by atoms with E-state index in [1.54, 1.807) is 25.2 Å². The number of halogens is 2. The molecule has 0 saturated heterocycles. The smallest absolute Gasteiger partial charge is 0.270 e. The molecule has 0 aromatic heterocycles. The number of alkyl halides is 2. The Balaban J connectivity index is 4.29. The predicted octanol–water partition coefficient (Wildman–Crippen LogP) is 1.28. The molecule has 0 radical (unpaired) electrons. The quantitative estimate of drug-likeness (QED) is 0.397. The fourth-order valence-electron chi connectivity index (χ4n) is 0.685. The first-order valence-corrected chi connectivity index (χ1v) is 4.25. The number of hydrogen-bond acceptors (Lipinski definition) is 2. The molecule has 0 rings (SSSR count). The Morgan fingerprint density at radius 1 is 1.58 bits per heavy atom. The Labute approximate surface area is 82.5 Å². The molecule has 70 valence electrons. The van der Waals surface area contributed by atoms with Gasteiger partial charge in [0.1, 0.15) is 0 Å². The van der Waals surface area contributed by atoms with Crippen LogP contribution < -0.4 is 0 Å². The van der Waals surface area contributed by atoms with Gasteiger partial charge in [0, 0.05) is 14.1 Å². The van der Waals surface area contributed by atoms with Crippen LogP contribution in [0, 0.1) is 0 Å². The highest BCUT2D eigenvalue weighted by atomic mass is 35.5. The van der Waals surface area contributed by atoms with E-state index >= 15 is 0 Å². The Morgan fingerprint density at radius 3 is 2.33 bits per heavy atom. The number of rotatable bonds is 4. The average molecular weight is 211 g/mol. The fourth-order valence-corrected chi connectivity index (χ4v) is 0.911. The highest BCUT2D eigenvalue weighted by Gasteiger charge is 2.20. The average Bonchev–Trinajstić information content (AvgIpc) is 1.98. The van der Waals surface area contributed by atoms with Crippen LogP contribution in [0.1, 0.15) is 0 Å². The van der Waals surface area contributed by atoms with Gasteiger partial charge in [-0.15, -0.1) is 6.58 Å². The van der Waals surface area contributed by atoms with Gasteiger partial charge in [-0.25, -0.2) is 5.01 Å². The molecule has 0 saturated carbocycles. The van der Waals surface area contributed by atoms with Gasteiger partial charge in [0.05, 0.1) is 6.54 Å². The van der Waals surface area contributed by atoms with E-state index in [-0.39, 0.29) is 5.91 Å². The maximum atomic E-state index is 11.2. The van der Waals surface area contributed by atoms with Crippen molar-refractivity contribution in [2.24, 2.45) is 0 Å². The molecule has 0 aromatic rings. The van der Waals surface area contributed by atoms with Crippen LogP contribution in [0.3, 0.4) is 0 Å². The normalized spacial score (nSPS) is 10.5. The number of carbonyl (C=O) groups excluding carboxylic acids is 1. The lowest BCUT2D eigenvalue weighted by Crippen LogP contribution is -2.44. The first kappa shape index (κ1) is 11.8. The SMILES string of the molecule is C=CCN(C(=O)C(Cl)Cl)N(C)C. The Hall–Kier alpha value is -0.250. The molecule has 0 bridgehead atoms. The van der Waals surface area contributed by atoms with Gasteiger partial charge in [0.15, 0.2) is 4.84 Å². The maximum absolute atomic E-state index is 11.2. The molecule has 0 N–H and O–H groups in total. The van der Waals surface area contributed by atoms with Crippen LogP contribution in [0.5, 0.6) is 0 Å². The standard InChI is InChI=1S/C7H12Cl2N2O/c1-4-5-11(10(2)3)7(12)6(8)9/h4,6H,1,5H2,2-3H3. The van der Waals surface area contributed by atoms with Crippen molar-refractivity contribution in [1.29, 1.82) is 0 Å². The first-order chi connectivity index (χ1) is 5.50. The van der Waals surface area contributed by atoms with E-state index in [2.05, 4.69) is 6.58 Å². The van der Waals surface area contributed by atoms with Crippen LogP contribution in [0.25, 0.3) is 0 Å². The van der Waals surface area contributed by atoms with E-state index in [9.17, 15) is 4.79 Å². The summed E-state index contributed by atoms with van der Waals surface area (Å²) in [7, 11) is 3.47. The summed E-state index contributed by atoms with van der Waals surface area (Å²) in [5.74, 6) is -0.344. The van der Waals surface area contributed by atoms with Crippen LogP contribution in [-0.2, 0) is 4.79 Å². The molecule has 0 atom stereocenters. The lowest BCUT2D eigenvalue weighted by Gasteiger charge is -2.27. The molecule has 0 aromatic carbocycles. The molecule has 5 heteroatoms. The number of hydrogen-bond donors (Lipinski definition) is 0. The van der Waals surface area contributed by atoms with Gasteiger partial charge >= 0.3 is 0 Å². The van der Waals surface area contributed by atoms with Gasteiger partial charge in [-0.3, -0.25) is 9.80 Å². The molecule has 0 heterocycles. The summed E-state index contributed by atoms with van der Waals surface area (Å²) in [6, 6.07) is 0. The molecule has 0 fully saturated rings. The van der Waals surface area contributed by atoms with E-state index in [1.165, 1.54) is 5.01 Å². The second-order valence-corrected chi connectivity index (χ2v) is 3.45. The molecule has 0 spiro atoms. The predicted molar refractivity (Wildman–Crippen MR) is 51.1 cm³/mol. The van der Waals surface area contributed by atoms with Crippen molar-refractivity contribution in [1.82, 2.24) is 10.0 Å². The van der Waals surface area contributed by atoms with Crippen molar-refractivity contribution in [2.45, 2.75) is 4.84 Å². The summed E-state index contributed by atoms with van der Waals surface area (Å²) in [5, 5.41) is 3.01. The molecule has 12 heavy (non-hydrogen) atoms. The summed E-state index contributed by atoms with van der Waals surface area (Å²) in [6.45, 7) is 3.92. The van der Waals surface area contributed by atoms with Crippen molar-refractivity contribution in [3.8, 4) is 0 Å². The van der Waals surface area contributed by atoms with Crippen molar-refractivity contribution >= 4 is 29.1 Å². The van der Waals surface area contributed by atoms with Crippen molar-refractivity contribution in [2.75, 3.05) is 20.6 Å². The largest absolute Gasteiger partial charge is 0.270 e. The molecular formula is C7H12Cl2N2O. The van der Waals surface area contributed by atoms with Crippen molar-refractivity contribution in [3.63, 3.8) is 0 Å².